The lowest BCUT2D eigenvalue weighted by molar-refractivity contribution is -0.157. The van der Waals surface area contributed by atoms with Crippen molar-refractivity contribution in [3.05, 3.63) is 59.7 Å². The van der Waals surface area contributed by atoms with Crippen molar-refractivity contribution in [2.24, 2.45) is 0 Å². The second-order valence-electron chi connectivity index (χ2n) is 6.21. The van der Waals surface area contributed by atoms with Gasteiger partial charge >= 0.3 is 11.9 Å². The number of imidazole rings is 1. The summed E-state index contributed by atoms with van der Waals surface area (Å²) in [6.45, 7) is 5.45. The molecule has 0 radical (unpaired) electrons. The number of fused-ring (bicyclic) bond motifs is 1. The molecule has 1 aromatic heterocycles. The van der Waals surface area contributed by atoms with E-state index < -0.39 is 23.7 Å². The van der Waals surface area contributed by atoms with E-state index in [2.05, 4.69) is 4.98 Å². The number of carbonyl (C=O) groups excluding carboxylic acids is 2. The molecule has 0 spiro atoms. The molecule has 0 saturated heterocycles. The molecule has 0 aliphatic rings. The molecule has 0 fully saturated rings. The maximum Gasteiger partial charge on any atom is 0.328 e. The lowest BCUT2D eigenvalue weighted by Gasteiger charge is -2.16. The minimum atomic E-state index is -1.38. The molecule has 0 unspecified atom stereocenters. The number of carbonyl (C=O) groups is 2. The summed E-state index contributed by atoms with van der Waals surface area (Å²) in [5, 5.41) is 0. The van der Waals surface area contributed by atoms with E-state index in [0.29, 0.717) is 16.7 Å². The molecule has 0 amide bonds. The van der Waals surface area contributed by atoms with Gasteiger partial charge in [-0.3, -0.25) is 14.2 Å². The van der Waals surface area contributed by atoms with Gasteiger partial charge in [-0.1, -0.05) is 17.7 Å². The van der Waals surface area contributed by atoms with Crippen molar-refractivity contribution in [1.29, 1.82) is 0 Å². The van der Waals surface area contributed by atoms with Gasteiger partial charge in [-0.2, -0.15) is 0 Å². The van der Waals surface area contributed by atoms with Crippen molar-refractivity contribution >= 4 is 23.0 Å². The summed E-state index contributed by atoms with van der Waals surface area (Å²) in [5.41, 5.74) is 2.58. The zero-order valence-electron chi connectivity index (χ0n) is 15.9. The third-order valence-corrected chi connectivity index (χ3v) is 4.24. The maximum absolute atomic E-state index is 13.9. The molecule has 146 valence electrons. The van der Waals surface area contributed by atoms with Gasteiger partial charge < -0.3 is 9.47 Å². The fourth-order valence-corrected chi connectivity index (χ4v) is 2.98. The molecular weight excluding hydrogens is 363 g/mol. The topological polar surface area (TPSA) is 70.4 Å². The van der Waals surface area contributed by atoms with Crippen molar-refractivity contribution in [3.8, 4) is 5.69 Å². The van der Waals surface area contributed by atoms with Gasteiger partial charge in [0.15, 0.2) is 0 Å². The smallest absolute Gasteiger partial charge is 0.328 e. The molecule has 1 heterocycles. The molecule has 0 saturated carbocycles. The standard InChI is InChI=1S/C21H21FN2O4/c1-4-27-20(25)18(21(26)28-5-2)19-23-16-11-8-14(22)12-17(16)24(19)15-9-6-13(3)7-10-15/h6-12,18H,4-5H2,1-3H3. The molecule has 3 aromatic rings. The minimum absolute atomic E-state index is 0.105. The van der Waals surface area contributed by atoms with E-state index in [0.717, 1.165) is 5.56 Å². The first-order chi connectivity index (χ1) is 13.5. The predicted octanol–water partition coefficient (Wildman–Crippen LogP) is 3.68. The Morgan fingerprint density at radius 3 is 2.21 bits per heavy atom. The first kappa shape index (κ1) is 19.5. The number of ether oxygens (including phenoxy) is 2. The van der Waals surface area contributed by atoms with Crippen molar-refractivity contribution in [3.63, 3.8) is 0 Å². The van der Waals surface area contributed by atoms with Crippen LogP contribution < -0.4 is 0 Å². The summed E-state index contributed by atoms with van der Waals surface area (Å²) in [6.07, 6.45) is 0. The number of rotatable bonds is 6. The van der Waals surface area contributed by atoms with E-state index in [1.807, 2.05) is 31.2 Å². The first-order valence-electron chi connectivity index (χ1n) is 9.04. The molecule has 28 heavy (non-hydrogen) atoms. The highest BCUT2D eigenvalue weighted by Gasteiger charge is 2.36. The Balaban J connectivity index is 2.27. The van der Waals surface area contributed by atoms with Gasteiger partial charge in [0, 0.05) is 11.8 Å². The number of esters is 2. The Kier molecular flexibility index (Phi) is 5.73. The van der Waals surface area contributed by atoms with Gasteiger partial charge in [0.05, 0.1) is 24.2 Å². The molecule has 3 rings (SSSR count). The summed E-state index contributed by atoms with van der Waals surface area (Å²) < 4.78 is 25.7. The van der Waals surface area contributed by atoms with Gasteiger partial charge in [-0.05, 0) is 45.0 Å². The molecule has 6 nitrogen and oxygen atoms in total. The van der Waals surface area contributed by atoms with Crippen LogP contribution in [0.2, 0.25) is 0 Å². The van der Waals surface area contributed by atoms with Crippen LogP contribution in [0.25, 0.3) is 16.7 Å². The lowest BCUT2D eigenvalue weighted by Crippen LogP contribution is -2.28. The number of hydrogen-bond acceptors (Lipinski definition) is 5. The molecule has 0 N–H and O–H groups in total. The Morgan fingerprint density at radius 1 is 1.04 bits per heavy atom. The van der Waals surface area contributed by atoms with E-state index in [9.17, 15) is 14.0 Å². The highest BCUT2D eigenvalue weighted by Crippen LogP contribution is 2.29. The van der Waals surface area contributed by atoms with Crippen LogP contribution in [0.3, 0.4) is 0 Å². The second kappa shape index (κ2) is 8.21. The van der Waals surface area contributed by atoms with Crippen LogP contribution >= 0.6 is 0 Å². The lowest BCUT2D eigenvalue weighted by atomic mass is 10.1. The first-order valence-corrected chi connectivity index (χ1v) is 9.04. The van der Waals surface area contributed by atoms with Crippen LogP contribution in [-0.2, 0) is 19.1 Å². The fourth-order valence-electron chi connectivity index (χ4n) is 2.98. The summed E-state index contributed by atoms with van der Waals surface area (Å²) >= 11 is 0. The third kappa shape index (κ3) is 3.74. The average Bonchev–Trinajstić information content (AvgIpc) is 3.01. The largest absolute Gasteiger partial charge is 0.465 e. The van der Waals surface area contributed by atoms with E-state index in [-0.39, 0.29) is 19.0 Å². The van der Waals surface area contributed by atoms with Crippen molar-refractivity contribution in [1.82, 2.24) is 9.55 Å². The van der Waals surface area contributed by atoms with E-state index in [4.69, 9.17) is 9.47 Å². The molecular formula is C21H21FN2O4. The molecule has 0 aliphatic heterocycles. The zero-order chi connectivity index (χ0) is 20.3. The molecule has 0 aliphatic carbocycles. The quantitative estimate of drug-likeness (QED) is 0.479. The van der Waals surface area contributed by atoms with Crippen molar-refractivity contribution in [2.45, 2.75) is 26.7 Å². The van der Waals surface area contributed by atoms with E-state index >= 15 is 0 Å². The average molecular weight is 384 g/mol. The Hall–Kier alpha value is -3.22. The summed E-state index contributed by atoms with van der Waals surface area (Å²) in [7, 11) is 0. The van der Waals surface area contributed by atoms with Crippen LogP contribution in [0.5, 0.6) is 0 Å². The Bertz CT molecular complexity index is 993. The van der Waals surface area contributed by atoms with Gasteiger partial charge in [-0.15, -0.1) is 0 Å². The molecule has 2 aromatic carbocycles. The zero-order valence-corrected chi connectivity index (χ0v) is 15.9. The van der Waals surface area contributed by atoms with Crippen LogP contribution in [0.15, 0.2) is 42.5 Å². The predicted molar refractivity (Wildman–Crippen MR) is 102 cm³/mol. The van der Waals surface area contributed by atoms with Gasteiger partial charge in [0.2, 0.25) is 5.92 Å². The van der Waals surface area contributed by atoms with Gasteiger partial charge in [-0.25, -0.2) is 9.37 Å². The van der Waals surface area contributed by atoms with Crippen LogP contribution in [0.4, 0.5) is 4.39 Å². The minimum Gasteiger partial charge on any atom is -0.465 e. The SMILES string of the molecule is CCOC(=O)C(C(=O)OCC)c1nc2ccc(F)cc2n1-c1ccc(C)cc1. The maximum atomic E-state index is 13.9. The Morgan fingerprint density at radius 2 is 1.64 bits per heavy atom. The number of aromatic nitrogens is 2. The summed E-state index contributed by atoms with van der Waals surface area (Å²) in [5.74, 6) is -3.22. The molecule has 0 atom stereocenters. The Labute approximate surface area is 161 Å². The van der Waals surface area contributed by atoms with Gasteiger partial charge in [0.1, 0.15) is 11.6 Å². The number of benzene rings is 2. The fraction of sp³-hybridized carbons (Fsp3) is 0.286. The van der Waals surface area contributed by atoms with Crippen LogP contribution in [-0.4, -0.2) is 34.7 Å². The highest BCUT2D eigenvalue weighted by molar-refractivity contribution is 6.01. The monoisotopic (exact) mass is 384 g/mol. The van der Waals surface area contributed by atoms with E-state index in [1.165, 1.54) is 18.2 Å². The summed E-state index contributed by atoms with van der Waals surface area (Å²) in [6, 6.07) is 11.5. The normalized spacial score (nSPS) is 11.0. The van der Waals surface area contributed by atoms with Crippen molar-refractivity contribution < 1.29 is 23.5 Å². The third-order valence-electron chi connectivity index (χ3n) is 4.24. The molecule has 0 bridgehead atoms. The number of hydrogen-bond donors (Lipinski definition) is 0. The van der Waals surface area contributed by atoms with Crippen LogP contribution in [0, 0.1) is 12.7 Å². The highest BCUT2D eigenvalue weighted by atomic mass is 19.1. The molecule has 7 heteroatoms. The van der Waals surface area contributed by atoms with E-state index in [1.54, 1.807) is 18.4 Å². The number of nitrogens with zero attached hydrogens (tertiary/aromatic N) is 2. The second-order valence-corrected chi connectivity index (χ2v) is 6.21. The van der Waals surface area contributed by atoms with Crippen LogP contribution in [0.1, 0.15) is 31.2 Å². The summed E-state index contributed by atoms with van der Waals surface area (Å²) in [4.78, 5) is 29.6. The van der Waals surface area contributed by atoms with Crippen molar-refractivity contribution in [2.75, 3.05) is 13.2 Å². The number of aryl methyl sites for hydroxylation is 1. The number of halogens is 1. The van der Waals surface area contributed by atoms with Gasteiger partial charge in [0.25, 0.3) is 0 Å².